The number of rotatable bonds is 4. The molecule has 112 valence electrons. The van der Waals surface area contributed by atoms with Crippen molar-refractivity contribution in [2.24, 2.45) is 5.92 Å². The van der Waals surface area contributed by atoms with Crippen LogP contribution in [-0.4, -0.2) is 5.78 Å². The molecule has 3 heteroatoms. The molecular weight excluding hydrogens is 272 g/mol. The SMILES string of the molecule is CC1CC(=O)C=C(Nc2ccc(Nc3ccccc3)cc2)C1. The van der Waals surface area contributed by atoms with Crippen LogP contribution >= 0.6 is 0 Å². The van der Waals surface area contributed by atoms with E-state index in [1.54, 1.807) is 6.08 Å². The van der Waals surface area contributed by atoms with E-state index < -0.39 is 0 Å². The second kappa shape index (κ2) is 6.48. The average Bonchev–Trinajstić information content (AvgIpc) is 2.49. The summed E-state index contributed by atoms with van der Waals surface area (Å²) in [4.78, 5) is 11.6. The molecule has 0 aliphatic heterocycles. The number of ketones is 1. The molecule has 2 aromatic rings. The van der Waals surface area contributed by atoms with Gasteiger partial charge in [-0.1, -0.05) is 25.1 Å². The number of para-hydroxylation sites is 1. The summed E-state index contributed by atoms with van der Waals surface area (Å²) < 4.78 is 0. The first kappa shape index (κ1) is 14.4. The van der Waals surface area contributed by atoms with Crippen LogP contribution < -0.4 is 10.6 Å². The van der Waals surface area contributed by atoms with Crippen molar-refractivity contribution in [2.45, 2.75) is 19.8 Å². The molecule has 0 radical (unpaired) electrons. The fraction of sp³-hybridized carbons (Fsp3) is 0.211. The standard InChI is InChI=1S/C19H20N2O/c1-14-11-18(13-19(22)12-14)21-17-9-7-16(8-10-17)20-15-5-3-2-4-6-15/h2-10,13-14,20-21H,11-12H2,1H3. The van der Waals surface area contributed by atoms with Gasteiger partial charge in [0.05, 0.1) is 0 Å². The lowest BCUT2D eigenvalue weighted by Gasteiger charge is -2.19. The van der Waals surface area contributed by atoms with Crippen LogP contribution in [0.4, 0.5) is 17.1 Å². The maximum Gasteiger partial charge on any atom is 0.157 e. The van der Waals surface area contributed by atoms with Crippen LogP contribution in [0.25, 0.3) is 0 Å². The maximum absolute atomic E-state index is 11.6. The van der Waals surface area contributed by atoms with Crippen LogP contribution in [0.5, 0.6) is 0 Å². The Morgan fingerprint density at radius 2 is 1.41 bits per heavy atom. The van der Waals surface area contributed by atoms with Gasteiger partial charge in [-0.15, -0.1) is 0 Å². The summed E-state index contributed by atoms with van der Waals surface area (Å²) >= 11 is 0. The van der Waals surface area contributed by atoms with Crippen molar-refractivity contribution in [3.05, 3.63) is 66.4 Å². The van der Waals surface area contributed by atoms with Crippen molar-refractivity contribution < 1.29 is 4.79 Å². The Bertz CT molecular complexity index is 674. The number of carbonyl (C=O) groups excluding carboxylic acids is 1. The summed E-state index contributed by atoms with van der Waals surface area (Å²) in [5.41, 5.74) is 4.12. The molecule has 2 N–H and O–H groups in total. The molecule has 0 saturated heterocycles. The summed E-state index contributed by atoms with van der Waals surface area (Å²) in [5, 5.41) is 6.70. The van der Waals surface area contributed by atoms with Gasteiger partial charge < -0.3 is 10.6 Å². The number of allylic oxidation sites excluding steroid dienone is 2. The first-order valence-electron chi connectivity index (χ1n) is 7.61. The van der Waals surface area contributed by atoms with E-state index in [1.807, 2.05) is 54.6 Å². The lowest BCUT2D eigenvalue weighted by atomic mass is 9.93. The van der Waals surface area contributed by atoms with Gasteiger partial charge in [0.25, 0.3) is 0 Å². The van der Waals surface area contributed by atoms with Gasteiger partial charge >= 0.3 is 0 Å². The summed E-state index contributed by atoms with van der Waals surface area (Å²) in [6.07, 6.45) is 3.32. The molecule has 1 atom stereocenters. The number of anilines is 3. The summed E-state index contributed by atoms with van der Waals surface area (Å²) in [7, 11) is 0. The fourth-order valence-corrected chi connectivity index (χ4v) is 2.70. The van der Waals surface area contributed by atoms with Crippen LogP contribution in [0.2, 0.25) is 0 Å². The van der Waals surface area contributed by atoms with Gasteiger partial charge in [-0.2, -0.15) is 0 Å². The Morgan fingerprint density at radius 1 is 0.818 bits per heavy atom. The van der Waals surface area contributed by atoms with E-state index in [-0.39, 0.29) is 5.78 Å². The second-order valence-electron chi connectivity index (χ2n) is 5.84. The molecule has 1 unspecified atom stereocenters. The number of hydrogen-bond donors (Lipinski definition) is 2. The number of nitrogens with one attached hydrogen (secondary N) is 2. The minimum absolute atomic E-state index is 0.212. The number of benzene rings is 2. The average molecular weight is 292 g/mol. The molecule has 3 rings (SSSR count). The molecule has 2 aromatic carbocycles. The maximum atomic E-state index is 11.6. The van der Waals surface area contributed by atoms with Gasteiger partial charge in [0.1, 0.15) is 0 Å². The molecular formula is C19H20N2O. The zero-order valence-corrected chi connectivity index (χ0v) is 12.7. The van der Waals surface area contributed by atoms with Gasteiger partial charge in [0, 0.05) is 35.3 Å². The minimum Gasteiger partial charge on any atom is -0.359 e. The van der Waals surface area contributed by atoms with Crippen LogP contribution in [0.1, 0.15) is 19.8 Å². The molecule has 0 amide bonds. The van der Waals surface area contributed by atoms with Crippen LogP contribution in [0.3, 0.4) is 0 Å². The van der Waals surface area contributed by atoms with Crippen molar-refractivity contribution in [2.75, 3.05) is 10.6 Å². The third-order valence-electron chi connectivity index (χ3n) is 3.71. The highest BCUT2D eigenvalue weighted by molar-refractivity contribution is 5.92. The van der Waals surface area contributed by atoms with Crippen molar-refractivity contribution in [1.82, 2.24) is 0 Å². The van der Waals surface area contributed by atoms with Gasteiger partial charge in [-0.05, 0) is 48.7 Å². The lowest BCUT2D eigenvalue weighted by Crippen LogP contribution is -2.15. The van der Waals surface area contributed by atoms with Crippen LogP contribution in [0.15, 0.2) is 66.4 Å². The number of hydrogen-bond acceptors (Lipinski definition) is 3. The molecule has 22 heavy (non-hydrogen) atoms. The molecule has 0 fully saturated rings. The van der Waals surface area contributed by atoms with E-state index in [0.717, 1.165) is 29.2 Å². The minimum atomic E-state index is 0.212. The summed E-state index contributed by atoms with van der Waals surface area (Å²) in [6, 6.07) is 18.2. The zero-order chi connectivity index (χ0) is 15.4. The van der Waals surface area contributed by atoms with Crippen LogP contribution in [0, 0.1) is 5.92 Å². The Morgan fingerprint density at radius 3 is 2.05 bits per heavy atom. The Labute approximate surface area is 131 Å². The second-order valence-corrected chi connectivity index (χ2v) is 5.84. The molecule has 3 nitrogen and oxygen atoms in total. The topological polar surface area (TPSA) is 41.1 Å². The smallest absolute Gasteiger partial charge is 0.157 e. The largest absolute Gasteiger partial charge is 0.359 e. The highest BCUT2D eigenvalue weighted by Gasteiger charge is 2.16. The highest BCUT2D eigenvalue weighted by atomic mass is 16.1. The molecule has 0 aromatic heterocycles. The van der Waals surface area contributed by atoms with Crippen LogP contribution in [-0.2, 0) is 4.79 Å². The third kappa shape index (κ3) is 3.76. The van der Waals surface area contributed by atoms with Gasteiger partial charge in [-0.3, -0.25) is 4.79 Å². The van der Waals surface area contributed by atoms with Gasteiger partial charge in [0.15, 0.2) is 5.78 Å². The predicted molar refractivity (Wildman–Crippen MR) is 91.3 cm³/mol. The van der Waals surface area contributed by atoms with E-state index in [4.69, 9.17) is 0 Å². The molecule has 1 aliphatic carbocycles. The Kier molecular flexibility index (Phi) is 4.24. The Hall–Kier alpha value is -2.55. The van der Waals surface area contributed by atoms with Crippen molar-refractivity contribution in [1.29, 1.82) is 0 Å². The monoisotopic (exact) mass is 292 g/mol. The first-order chi connectivity index (χ1) is 10.7. The number of carbonyl (C=O) groups is 1. The van der Waals surface area contributed by atoms with Crippen molar-refractivity contribution >= 4 is 22.8 Å². The summed E-state index contributed by atoms with van der Waals surface area (Å²) in [5.74, 6) is 0.627. The molecule has 0 spiro atoms. The lowest BCUT2D eigenvalue weighted by molar-refractivity contribution is -0.115. The Balaban J connectivity index is 1.66. The van der Waals surface area contributed by atoms with Gasteiger partial charge in [-0.25, -0.2) is 0 Å². The van der Waals surface area contributed by atoms with E-state index in [0.29, 0.717) is 12.3 Å². The molecule has 0 heterocycles. The molecule has 0 saturated carbocycles. The van der Waals surface area contributed by atoms with E-state index in [2.05, 4.69) is 17.6 Å². The van der Waals surface area contributed by atoms with E-state index in [1.165, 1.54) is 0 Å². The summed E-state index contributed by atoms with van der Waals surface area (Å²) in [6.45, 7) is 2.11. The molecule has 0 bridgehead atoms. The molecule has 1 aliphatic rings. The van der Waals surface area contributed by atoms with E-state index in [9.17, 15) is 4.79 Å². The van der Waals surface area contributed by atoms with Crippen molar-refractivity contribution in [3.63, 3.8) is 0 Å². The quantitative estimate of drug-likeness (QED) is 0.856. The van der Waals surface area contributed by atoms with E-state index >= 15 is 0 Å². The fourth-order valence-electron chi connectivity index (χ4n) is 2.70. The third-order valence-corrected chi connectivity index (χ3v) is 3.71. The van der Waals surface area contributed by atoms with Gasteiger partial charge in [0.2, 0.25) is 0 Å². The normalized spacial score (nSPS) is 17.8. The predicted octanol–water partition coefficient (Wildman–Crippen LogP) is 4.73. The highest BCUT2D eigenvalue weighted by Crippen LogP contribution is 2.24. The van der Waals surface area contributed by atoms with Crippen molar-refractivity contribution in [3.8, 4) is 0 Å². The zero-order valence-electron chi connectivity index (χ0n) is 12.7. The first-order valence-corrected chi connectivity index (χ1v) is 7.61.